The van der Waals surface area contributed by atoms with Gasteiger partial charge in [0.15, 0.2) is 11.4 Å². The number of alkyl halides is 1. The van der Waals surface area contributed by atoms with E-state index < -0.39 is 11.7 Å². The minimum atomic E-state index is -0.762. The number of primary amides is 1. The van der Waals surface area contributed by atoms with E-state index in [4.69, 9.17) is 10.2 Å². The largest absolute Gasteiger partial charge is 0.417 e. The van der Waals surface area contributed by atoms with E-state index in [9.17, 15) is 14.4 Å². The van der Waals surface area contributed by atoms with Crippen LogP contribution in [0.4, 0.5) is 0 Å². The SMILES string of the molecule is NC(=O)c1cc(C(=O)CBr)cc2[nH]c(=O)oc12. The monoisotopic (exact) mass is 298 g/mol. The van der Waals surface area contributed by atoms with Crippen molar-refractivity contribution in [1.29, 1.82) is 0 Å². The molecule has 0 aliphatic carbocycles. The maximum atomic E-state index is 11.5. The molecule has 0 spiro atoms. The number of oxazole rings is 1. The Morgan fingerprint density at radius 1 is 1.41 bits per heavy atom. The number of amides is 1. The number of ketones is 1. The zero-order chi connectivity index (χ0) is 12.6. The first kappa shape index (κ1) is 11.6. The quantitative estimate of drug-likeness (QED) is 0.645. The first-order chi connectivity index (χ1) is 8.02. The molecule has 1 aromatic carbocycles. The van der Waals surface area contributed by atoms with Gasteiger partial charge in [-0.2, -0.15) is 0 Å². The molecule has 2 aromatic rings. The lowest BCUT2D eigenvalue weighted by Crippen LogP contribution is -2.13. The molecule has 2 rings (SSSR count). The summed E-state index contributed by atoms with van der Waals surface area (Å²) in [6, 6.07) is 2.75. The van der Waals surface area contributed by atoms with Crippen molar-refractivity contribution in [1.82, 2.24) is 4.98 Å². The summed E-state index contributed by atoms with van der Waals surface area (Å²) in [7, 11) is 0. The number of carbonyl (C=O) groups excluding carboxylic acids is 2. The topological polar surface area (TPSA) is 106 Å². The maximum Gasteiger partial charge on any atom is 0.417 e. The molecule has 1 heterocycles. The van der Waals surface area contributed by atoms with Gasteiger partial charge in [-0.3, -0.25) is 14.6 Å². The number of hydrogen-bond donors (Lipinski definition) is 2. The molecule has 88 valence electrons. The van der Waals surface area contributed by atoms with Crippen LogP contribution in [-0.2, 0) is 0 Å². The van der Waals surface area contributed by atoms with Gasteiger partial charge < -0.3 is 10.2 Å². The zero-order valence-corrected chi connectivity index (χ0v) is 10.0. The summed E-state index contributed by atoms with van der Waals surface area (Å²) in [4.78, 5) is 36.1. The van der Waals surface area contributed by atoms with Gasteiger partial charge in [0.25, 0.3) is 5.91 Å². The van der Waals surface area contributed by atoms with Crippen LogP contribution in [0.15, 0.2) is 21.3 Å². The van der Waals surface area contributed by atoms with E-state index in [1.54, 1.807) is 0 Å². The Bertz CT molecular complexity index is 670. The summed E-state index contributed by atoms with van der Waals surface area (Å²) in [5.74, 6) is -1.69. The Morgan fingerprint density at radius 3 is 2.71 bits per heavy atom. The molecule has 6 nitrogen and oxygen atoms in total. The molecule has 0 saturated heterocycles. The van der Waals surface area contributed by atoms with E-state index >= 15 is 0 Å². The molecule has 3 N–H and O–H groups in total. The molecule has 1 amide bonds. The number of Topliss-reactive ketones (excluding diaryl/α,β-unsaturated/α-hetero) is 1. The summed E-state index contributed by atoms with van der Waals surface area (Å²) in [6.07, 6.45) is 0. The van der Waals surface area contributed by atoms with Crippen LogP contribution in [0.2, 0.25) is 0 Å². The number of carbonyl (C=O) groups is 2. The number of rotatable bonds is 3. The second-order valence-corrected chi connectivity index (χ2v) is 3.90. The number of nitrogens with two attached hydrogens (primary N) is 1. The fourth-order valence-electron chi connectivity index (χ4n) is 1.48. The van der Waals surface area contributed by atoms with E-state index in [2.05, 4.69) is 20.9 Å². The molecule has 0 unspecified atom stereocenters. The van der Waals surface area contributed by atoms with Crippen LogP contribution in [0.5, 0.6) is 0 Å². The maximum absolute atomic E-state index is 11.5. The van der Waals surface area contributed by atoms with Crippen LogP contribution in [0.3, 0.4) is 0 Å². The van der Waals surface area contributed by atoms with Crippen LogP contribution >= 0.6 is 15.9 Å². The van der Waals surface area contributed by atoms with Gasteiger partial charge in [0.2, 0.25) is 0 Å². The molecular weight excluding hydrogens is 292 g/mol. The third-order valence-corrected chi connectivity index (χ3v) is 2.74. The number of hydrogen-bond acceptors (Lipinski definition) is 4. The second kappa shape index (κ2) is 4.17. The lowest BCUT2D eigenvalue weighted by molar-refractivity contribution is 0.100. The van der Waals surface area contributed by atoms with Gasteiger partial charge in [-0.1, -0.05) is 15.9 Å². The molecule has 0 radical (unpaired) electrons. The van der Waals surface area contributed by atoms with Crippen molar-refractivity contribution in [3.63, 3.8) is 0 Å². The van der Waals surface area contributed by atoms with Crippen LogP contribution < -0.4 is 11.5 Å². The average Bonchev–Trinajstić information content (AvgIpc) is 2.66. The second-order valence-electron chi connectivity index (χ2n) is 3.34. The number of H-pyrrole nitrogens is 1. The minimum Gasteiger partial charge on any atom is -0.407 e. The molecule has 0 aliphatic rings. The summed E-state index contributed by atoms with van der Waals surface area (Å²) in [5.41, 5.74) is 5.78. The highest BCUT2D eigenvalue weighted by molar-refractivity contribution is 9.09. The third-order valence-electron chi connectivity index (χ3n) is 2.23. The molecule has 0 bridgehead atoms. The van der Waals surface area contributed by atoms with Gasteiger partial charge in [0.05, 0.1) is 16.4 Å². The van der Waals surface area contributed by atoms with Crippen molar-refractivity contribution in [3.05, 3.63) is 33.8 Å². The number of benzene rings is 1. The van der Waals surface area contributed by atoms with Crippen molar-refractivity contribution in [2.45, 2.75) is 0 Å². The first-order valence-electron chi connectivity index (χ1n) is 4.58. The van der Waals surface area contributed by atoms with Crippen molar-refractivity contribution in [2.24, 2.45) is 5.73 Å². The summed E-state index contributed by atoms with van der Waals surface area (Å²) in [6.45, 7) is 0. The first-order valence-corrected chi connectivity index (χ1v) is 5.71. The molecule has 0 fully saturated rings. The van der Waals surface area contributed by atoms with Gasteiger partial charge in [0.1, 0.15) is 0 Å². The van der Waals surface area contributed by atoms with Gasteiger partial charge in [-0.05, 0) is 12.1 Å². The number of fused-ring (bicyclic) bond motifs is 1. The predicted molar refractivity (Wildman–Crippen MR) is 63.5 cm³/mol. The van der Waals surface area contributed by atoms with Gasteiger partial charge in [-0.15, -0.1) is 0 Å². The van der Waals surface area contributed by atoms with Crippen molar-refractivity contribution >= 4 is 38.7 Å². The highest BCUT2D eigenvalue weighted by Gasteiger charge is 2.16. The van der Waals surface area contributed by atoms with Crippen molar-refractivity contribution < 1.29 is 14.0 Å². The number of nitrogens with one attached hydrogen (secondary N) is 1. The highest BCUT2D eigenvalue weighted by Crippen LogP contribution is 2.19. The van der Waals surface area contributed by atoms with Gasteiger partial charge in [0, 0.05) is 5.56 Å². The molecule has 7 heteroatoms. The smallest absolute Gasteiger partial charge is 0.407 e. The predicted octanol–water partition coefficient (Wildman–Crippen LogP) is 0.798. The van der Waals surface area contributed by atoms with Crippen LogP contribution in [0.25, 0.3) is 11.1 Å². The van der Waals surface area contributed by atoms with Crippen molar-refractivity contribution in [3.8, 4) is 0 Å². The Hall–Kier alpha value is -1.89. The van der Waals surface area contributed by atoms with E-state index in [1.165, 1.54) is 12.1 Å². The highest BCUT2D eigenvalue weighted by atomic mass is 79.9. The number of aromatic nitrogens is 1. The Morgan fingerprint density at radius 2 is 2.12 bits per heavy atom. The molecular formula is C10H7BrN2O4. The minimum absolute atomic E-state index is 0.00477. The average molecular weight is 299 g/mol. The third kappa shape index (κ3) is 2.01. The summed E-state index contributed by atoms with van der Waals surface area (Å²) in [5, 5.41) is 0.110. The van der Waals surface area contributed by atoms with Crippen LogP contribution in [-0.4, -0.2) is 22.0 Å². The van der Waals surface area contributed by atoms with E-state index in [0.717, 1.165) is 0 Å². The molecule has 0 atom stereocenters. The van der Waals surface area contributed by atoms with E-state index in [-0.39, 0.29) is 33.3 Å². The fourth-order valence-corrected chi connectivity index (χ4v) is 1.80. The molecule has 0 saturated carbocycles. The van der Waals surface area contributed by atoms with Crippen LogP contribution in [0.1, 0.15) is 20.7 Å². The van der Waals surface area contributed by atoms with Crippen molar-refractivity contribution in [2.75, 3.05) is 5.33 Å². The van der Waals surface area contributed by atoms with E-state index in [1.807, 2.05) is 0 Å². The summed E-state index contributed by atoms with van der Waals surface area (Å²) >= 11 is 3.02. The fraction of sp³-hybridized carbons (Fsp3) is 0.100. The normalized spacial score (nSPS) is 10.6. The van der Waals surface area contributed by atoms with Crippen LogP contribution in [0, 0.1) is 0 Å². The lowest BCUT2D eigenvalue weighted by Gasteiger charge is -2.01. The number of aromatic amines is 1. The number of halogens is 1. The van der Waals surface area contributed by atoms with Gasteiger partial charge >= 0.3 is 5.76 Å². The summed E-state index contributed by atoms with van der Waals surface area (Å²) < 4.78 is 4.79. The Kier molecular flexibility index (Phi) is 2.84. The Balaban J connectivity index is 2.79. The molecule has 1 aromatic heterocycles. The molecule has 0 aliphatic heterocycles. The zero-order valence-electron chi connectivity index (χ0n) is 8.45. The van der Waals surface area contributed by atoms with E-state index in [0.29, 0.717) is 0 Å². The standard InChI is InChI=1S/C10H7BrN2O4/c11-3-7(14)4-1-5(9(12)15)8-6(2-4)13-10(16)17-8/h1-2H,3H2,(H2,12,15)(H,13,16). The van der Waals surface area contributed by atoms with Gasteiger partial charge in [-0.25, -0.2) is 4.79 Å². The molecule has 17 heavy (non-hydrogen) atoms. The lowest BCUT2D eigenvalue weighted by atomic mass is 10.1. The Labute approximate surface area is 103 Å².